The van der Waals surface area contributed by atoms with Gasteiger partial charge in [0.05, 0.1) is 17.5 Å². The van der Waals surface area contributed by atoms with E-state index in [1.54, 1.807) is 0 Å². The van der Waals surface area contributed by atoms with Crippen LogP contribution in [0.2, 0.25) is 0 Å². The number of nitrogens with zero attached hydrogens (tertiary/aromatic N) is 7. The summed E-state index contributed by atoms with van der Waals surface area (Å²) in [5.41, 5.74) is -1.84. The van der Waals surface area contributed by atoms with Crippen LogP contribution in [0.4, 0.5) is 26.2 Å². The van der Waals surface area contributed by atoms with Crippen LogP contribution in [0.15, 0.2) is 23.1 Å². The number of piperidine rings is 1. The summed E-state index contributed by atoms with van der Waals surface area (Å²) in [5, 5.41) is 23.6. The summed E-state index contributed by atoms with van der Waals surface area (Å²) in [6.45, 7) is 8.39. The number of anilines is 3. The number of rotatable bonds is 8. The third kappa shape index (κ3) is 5.77. The quantitative estimate of drug-likeness (QED) is 0.378. The second-order valence-electron chi connectivity index (χ2n) is 11.8. The Morgan fingerprint density at radius 1 is 1.23 bits per heavy atom. The Labute approximate surface area is 230 Å². The van der Waals surface area contributed by atoms with Gasteiger partial charge in [-0.1, -0.05) is 0 Å². The summed E-state index contributed by atoms with van der Waals surface area (Å²) in [6.07, 6.45) is 5.01. The van der Waals surface area contributed by atoms with E-state index in [0.717, 1.165) is 53.9 Å². The first-order valence-electron chi connectivity index (χ1n) is 13.3. The largest absolute Gasteiger partial charge is 0.488 e. The van der Waals surface area contributed by atoms with Crippen LogP contribution >= 0.6 is 0 Å². The van der Waals surface area contributed by atoms with Crippen molar-refractivity contribution in [1.29, 1.82) is 0 Å². The fourth-order valence-corrected chi connectivity index (χ4v) is 5.60. The minimum absolute atomic E-state index is 0.0191. The van der Waals surface area contributed by atoms with E-state index in [0.29, 0.717) is 6.04 Å². The van der Waals surface area contributed by atoms with Gasteiger partial charge in [0, 0.05) is 30.7 Å². The molecule has 2 fully saturated rings. The van der Waals surface area contributed by atoms with Gasteiger partial charge in [0.1, 0.15) is 18.0 Å². The number of aryl methyl sites for hydroxylation is 1. The highest BCUT2D eigenvalue weighted by molar-refractivity contribution is 5.63. The third-order valence-electron chi connectivity index (χ3n) is 7.37. The molecule has 0 spiro atoms. The first-order valence-corrected chi connectivity index (χ1v) is 13.3. The van der Waals surface area contributed by atoms with Crippen molar-refractivity contribution in [3.05, 3.63) is 40.4 Å². The van der Waals surface area contributed by atoms with Gasteiger partial charge >= 0.3 is 5.69 Å². The number of nitrogens with one attached hydrogen (secondary N) is 2. The molecule has 0 unspecified atom stereocenters. The summed E-state index contributed by atoms with van der Waals surface area (Å²) in [7, 11) is 1.42. The Morgan fingerprint density at radius 3 is 2.70 bits per heavy atom. The second-order valence-corrected chi connectivity index (χ2v) is 11.8. The van der Waals surface area contributed by atoms with E-state index < -0.39 is 22.9 Å². The predicted molar refractivity (Wildman–Crippen MR) is 144 cm³/mol. The highest BCUT2D eigenvalue weighted by atomic mass is 19.1. The van der Waals surface area contributed by atoms with E-state index in [1.165, 1.54) is 27.0 Å². The van der Waals surface area contributed by atoms with E-state index in [9.17, 15) is 14.3 Å². The summed E-state index contributed by atoms with van der Waals surface area (Å²) in [5.74, 6) is -1.40. The number of ether oxygens (including phenoxy) is 1. The molecule has 0 radical (unpaired) electrons. The summed E-state index contributed by atoms with van der Waals surface area (Å²) >= 11 is 0. The van der Waals surface area contributed by atoms with Gasteiger partial charge in [-0.15, -0.1) is 0 Å². The second kappa shape index (κ2) is 10.4. The molecular formula is C26H35F2N9O3. The molecule has 40 heavy (non-hydrogen) atoms. The number of tetrazole rings is 1. The Morgan fingerprint density at radius 2 is 2.00 bits per heavy atom. The number of fused-ring (bicyclic) bond motifs is 1. The minimum Gasteiger partial charge on any atom is -0.488 e. The highest BCUT2D eigenvalue weighted by Gasteiger charge is 2.43. The Bertz CT molecular complexity index is 1450. The monoisotopic (exact) mass is 559 g/mol. The van der Waals surface area contributed by atoms with Crippen LogP contribution in [0.25, 0.3) is 5.69 Å². The lowest BCUT2D eigenvalue weighted by atomic mass is 9.84. The SMILES string of the molecule is Cn1nnn(-c2cc(Nc3ncc(F)c(N[C@@H]4C[C@@H]5CCCN5C(C)(C)C4)n3)c(F)cc2OCC(C)(C)O)c1=O. The molecule has 2 aliphatic heterocycles. The number of aromatic nitrogens is 6. The summed E-state index contributed by atoms with van der Waals surface area (Å²) < 4.78 is 37.6. The lowest BCUT2D eigenvalue weighted by Gasteiger charge is -2.47. The maximum atomic E-state index is 15.2. The van der Waals surface area contributed by atoms with Gasteiger partial charge < -0.3 is 20.5 Å². The average Bonchev–Trinajstić information content (AvgIpc) is 3.48. The minimum atomic E-state index is -1.22. The fourth-order valence-electron chi connectivity index (χ4n) is 5.60. The molecule has 0 amide bonds. The molecule has 0 saturated carbocycles. The molecular weight excluding hydrogens is 524 g/mol. The van der Waals surface area contributed by atoms with E-state index >= 15 is 4.39 Å². The summed E-state index contributed by atoms with van der Waals surface area (Å²) in [6, 6.07) is 2.82. The first kappa shape index (κ1) is 27.9. The van der Waals surface area contributed by atoms with Crippen molar-refractivity contribution < 1.29 is 18.6 Å². The van der Waals surface area contributed by atoms with Gasteiger partial charge in [0.2, 0.25) is 5.95 Å². The van der Waals surface area contributed by atoms with Gasteiger partial charge in [-0.25, -0.2) is 18.6 Å². The molecule has 2 aliphatic rings. The molecule has 4 heterocycles. The fraction of sp³-hybridized carbons (Fsp3) is 0.577. The Balaban J connectivity index is 1.42. The zero-order valence-electron chi connectivity index (χ0n) is 23.3. The first-order chi connectivity index (χ1) is 18.8. The molecule has 0 bridgehead atoms. The van der Waals surface area contributed by atoms with Gasteiger partial charge in [-0.2, -0.15) is 14.3 Å². The van der Waals surface area contributed by atoms with Crippen LogP contribution in [0.1, 0.15) is 53.4 Å². The van der Waals surface area contributed by atoms with Gasteiger partial charge in [-0.05, 0) is 76.4 Å². The number of aliphatic hydroxyl groups is 1. The smallest absolute Gasteiger partial charge is 0.368 e. The molecule has 0 aliphatic carbocycles. The van der Waals surface area contributed by atoms with Gasteiger partial charge in [-0.3, -0.25) is 4.90 Å². The highest BCUT2D eigenvalue weighted by Crippen LogP contribution is 2.38. The van der Waals surface area contributed by atoms with Crippen LogP contribution in [-0.2, 0) is 7.05 Å². The Kier molecular flexibility index (Phi) is 7.25. The van der Waals surface area contributed by atoms with E-state index in [4.69, 9.17) is 4.74 Å². The van der Waals surface area contributed by atoms with Crippen molar-refractivity contribution in [3.63, 3.8) is 0 Å². The molecule has 2 atom stereocenters. The summed E-state index contributed by atoms with van der Waals surface area (Å²) in [4.78, 5) is 23.4. The molecule has 3 N–H and O–H groups in total. The molecule has 3 aromatic rings. The molecule has 2 aromatic heterocycles. The van der Waals surface area contributed by atoms with Crippen LogP contribution in [-0.4, -0.2) is 76.1 Å². The normalized spacial score (nSPS) is 20.8. The maximum absolute atomic E-state index is 15.2. The van der Waals surface area contributed by atoms with Gasteiger partial charge in [0.15, 0.2) is 17.5 Å². The van der Waals surface area contributed by atoms with Crippen LogP contribution in [0.3, 0.4) is 0 Å². The standard InChI is InChI=1S/C26H35F2N9O3/c1-25(2)12-15(9-16-7-6-8-36(16)25)30-22-18(28)13-29-23(32-22)31-19-11-20(37-24(38)35(5)33-34-37)21(10-17(19)27)40-14-26(3,4)39/h10-11,13,15-16,39H,6-9,12,14H2,1-5H3,(H2,29,30,31,32)/t15-,16+/m1/s1. The van der Waals surface area contributed by atoms with E-state index in [-0.39, 0.29) is 47.1 Å². The predicted octanol–water partition coefficient (Wildman–Crippen LogP) is 2.74. The number of hydrogen-bond acceptors (Lipinski definition) is 10. The number of hydrogen-bond donors (Lipinski definition) is 3. The molecule has 12 nitrogen and oxygen atoms in total. The molecule has 5 rings (SSSR count). The molecule has 14 heteroatoms. The van der Waals surface area contributed by atoms with Gasteiger partial charge in [0.25, 0.3) is 0 Å². The molecule has 1 aromatic carbocycles. The molecule has 2 saturated heterocycles. The maximum Gasteiger partial charge on any atom is 0.368 e. The van der Waals surface area contributed by atoms with Crippen LogP contribution < -0.4 is 21.1 Å². The van der Waals surface area contributed by atoms with Crippen molar-refractivity contribution in [2.75, 3.05) is 23.8 Å². The van der Waals surface area contributed by atoms with Crippen molar-refractivity contribution in [2.24, 2.45) is 7.05 Å². The van der Waals surface area contributed by atoms with E-state index in [1.807, 2.05) is 0 Å². The third-order valence-corrected chi connectivity index (χ3v) is 7.37. The zero-order chi connectivity index (χ0) is 28.8. The van der Waals surface area contributed by atoms with E-state index in [2.05, 4.69) is 49.8 Å². The lowest BCUT2D eigenvalue weighted by molar-refractivity contribution is 0.0283. The van der Waals surface area contributed by atoms with Crippen LogP contribution in [0.5, 0.6) is 5.75 Å². The number of benzene rings is 1. The molecule has 216 valence electrons. The van der Waals surface area contributed by atoms with Crippen molar-refractivity contribution in [3.8, 4) is 11.4 Å². The lowest BCUT2D eigenvalue weighted by Crippen LogP contribution is -2.55. The average molecular weight is 560 g/mol. The Hall–Kier alpha value is -3.65. The topological polar surface area (TPSA) is 135 Å². The van der Waals surface area contributed by atoms with Crippen molar-refractivity contribution in [2.45, 2.75) is 76.6 Å². The number of halogens is 2. The van der Waals surface area contributed by atoms with Crippen molar-refractivity contribution in [1.82, 2.24) is 34.7 Å². The van der Waals surface area contributed by atoms with Crippen LogP contribution in [0, 0.1) is 11.6 Å². The van der Waals surface area contributed by atoms with Crippen molar-refractivity contribution >= 4 is 17.5 Å². The zero-order valence-corrected chi connectivity index (χ0v) is 23.3.